The summed E-state index contributed by atoms with van der Waals surface area (Å²) >= 11 is 0.830. The van der Waals surface area contributed by atoms with Crippen LogP contribution in [0.2, 0.25) is 0 Å². The van der Waals surface area contributed by atoms with Crippen LogP contribution < -0.4 is 16.8 Å². The summed E-state index contributed by atoms with van der Waals surface area (Å²) in [5.74, 6) is -2.20. The van der Waals surface area contributed by atoms with Crippen LogP contribution in [0.5, 0.6) is 0 Å². The first-order valence-corrected chi connectivity index (χ1v) is 11.1. The molecule has 0 bridgehead atoms. The average molecular weight is 479 g/mol. The number of anilines is 2. The molecule has 1 aliphatic rings. The molecule has 0 spiro atoms. The van der Waals surface area contributed by atoms with Crippen molar-refractivity contribution >= 4 is 27.9 Å². The van der Waals surface area contributed by atoms with Gasteiger partial charge in [0, 0.05) is 20.2 Å². The second-order valence-corrected chi connectivity index (χ2v) is 8.72. The fourth-order valence-electron chi connectivity index (χ4n) is 3.82. The van der Waals surface area contributed by atoms with Gasteiger partial charge in [-0.25, -0.2) is 13.8 Å². The predicted octanol–water partition coefficient (Wildman–Crippen LogP) is 2.85. The van der Waals surface area contributed by atoms with E-state index >= 15 is 0 Å². The maximum absolute atomic E-state index is 14.1. The molecule has 2 aromatic heterocycles. The van der Waals surface area contributed by atoms with Crippen LogP contribution in [0.3, 0.4) is 0 Å². The highest BCUT2D eigenvalue weighted by Crippen LogP contribution is 2.35. The van der Waals surface area contributed by atoms with Crippen LogP contribution >= 0.6 is 11.3 Å². The van der Waals surface area contributed by atoms with Crippen LogP contribution in [0.25, 0.3) is 10.6 Å². The number of hydrogen-bond acceptors (Lipinski definition) is 8. The van der Waals surface area contributed by atoms with Gasteiger partial charge in [0.05, 0.1) is 35.9 Å². The molecule has 1 fully saturated rings. The van der Waals surface area contributed by atoms with E-state index in [0.717, 1.165) is 23.5 Å². The number of ether oxygens (including phenoxy) is 2. The molecule has 1 aliphatic heterocycles. The molecule has 0 unspecified atom stereocenters. The number of carbonyl (C=O) groups is 1. The summed E-state index contributed by atoms with van der Waals surface area (Å²) in [7, 11) is 3.33. The lowest BCUT2D eigenvalue weighted by molar-refractivity contribution is -0.0211. The van der Waals surface area contributed by atoms with E-state index in [0.29, 0.717) is 30.8 Å². The number of nitrogen functional groups attached to an aromatic ring is 1. The number of thiazole rings is 1. The second-order valence-electron chi connectivity index (χ2n) is 7.69. The van der Waals surface area contributed by atoms with Gasteiger partial charge in [0.15, 0.2) is 5.69 Å². The summed E-state index contributed by atoms with van der Waals surface area (Å²) in [6.07, 6.45) is 2.18. The molecule has 1 amide bonds. The van der Waals surface area contributed by atoms with Crippen molar-refractivity contribution in [1.82, 2.24) is 14.8 Å². The first-order valence-electron chi connectivity index (χ1n) is 10.2. The fourth-order valence-corrected chi connectivity index (χ4v) is 4.69. The van der Waals surface area contributed by atoms with Crippen molar-refractivity contribution in [2.24, 2.45) is 12.8 Å². The third kappa shape index (κ3) is 4.60. The van der Waals surface area contributed by atoms with Crippen molar-refractivity contribution in [3.8, 4) is 10.6 Å². The second kappa shape index (κ2) is 9.51. The zero-order chi connectivity index (χ0) is 23.7. The van der Waals surface area contributed by atoms with Crippen molar-refractivity contribution in [3.63, 3.8) is 0 Å². The number of nitrogens with one attached hydrogen (secondary N) is 1. The number of rotatable bonds is 5. The lowest BCUT2D eigenvalue weighted by Crippen LogP contribution is -2.37. The Balaban J connectivity index is 1.58. The standard InChI is InChI=1S/C21H24F2N6O3S/c1-29-18(14-7-6-12(24)15(31-2)9-32-14)13(8-26-29)27-20(30)17-19(25)33-21(28-17)16-10(22)4-3-5-11(16)23/h3-5,8,12,14-15H,6-7,9,24-25H2,1-2H3,(H,27,30)/t12-,14+,15-/m1/s1. The topological polar surface area (TPSA) is 130 Å². The van der Waals surface area contributed by atoms with Crippen molar-refractivity contribution in [2.45, 2.75) is 31.1 Å². The minimum absolute atomic E-state index is 0.0219. The van der Waals surface area contributed by atoms with Crippen LogP contribution in [-0.4, -0.2) is 46.5 Å². The van der Waals surface area contributed by atoms with E-state index in [2.05, 4.69) is 15.4 Å². The molecule has 3 aromatic rings. The number of aryl methyl sites for hydroxylation is 1. The van der Waals surface area contributed by atoms with Crippen LogP contribution in [0.4, 0.5) is 19.5 Å². The lowest BCUT2D eigenvalue weighted by Gasteiger charge is -2.19. The van der Waals surface area contributed by atoms with Gasteiger partial charge in [-0.2, -0.15) is 5.10 Å². The zero-order valence-electron chi connectivity index (χ0n) is 18.0. The quantitative estimate of drug-likeness (QED) is 0.514. The molecule has 12 heteroatoms. The van der Waals surface area contributed by atoms with E-state index < -0.39 is 17.5 Å². The molecule has 0 aliphatic carbocycles. The number of methoxy groups -OCH3 is 1. The average Bonchev–Trinajstić information content (AvgIpc) is 3.26. The van der Waals surface area contributed by atoms with Crippen molar-refractivity contribution in [2.75, 3.05) is 24.8 Å². The highest BCUT2D eigenvalue weighted by molar-refractivity contribution is 7.19. The molecular formula is C21H24F2N6O3S. The van der Waals surface area contributed by atoms with E-state index in [1.807, 2.05) is 0 Å². The molecule has 33 heavy (non-hydrogen) atoms. The van der Waals surface area contributed by atoms with Gasteiger partial charge in [0.25, 0.3) is 5.91 Å². The molecule has 1 saturated heterocycles. The Morgan fingerprint density at radius 2 is 2.06 bits per heavy atom. The monoisotopic (exact) mass is 478 g/mol. The third-order valence-corrected chi connectivity index (χ3v) is 6.49. The Bertz CT molecular complexity index is 1150. The summed E-state index contributed by atoms with van der Waals surface area (Å²) in [5.41, 5.74) is 12.7. The van der Waals surface area contributed by atoms with Gasteiger partial charge in [0.1, 0.15) is 27.7 Å². The molecule has 3 heterocycles. The maximum Gasteiger partial charge on any atom is 0.277 e. The first-order chi connectivity index (χ1) is 15.8. The molecule has 3 atom stereocenters. The first kappa shape index (κ1) is 23.2. The van der Waals surface area contributed by atoms with Gasteiger partial charge in [0.2, 0.25) is 0 Å². The molecule has 9 nitrogen and oxygen atoms in total. The Labute approximate surface area is 192 Å². The van der Waals surface area contributed by atoms with Crippen LogP contribution in [0.15, 0.2) is 24.4 Å². The van der Waals surface area contributed by atoms with Crippen molar-refractivity contribution < 1.29 is 23.0 Å². The predicted molar refractivity (Wildman–Crippen MR) is 120 cm³/mol. The Morgan fingerprint density at radius 3 is 2.76 bits per heavy atom. The number of amides is 1. The zero-order valence-corrected chi connectivity index (χ0v) is 18.9. The third-order valence-electron chi connectivity index (χ3n) is 5.59. The minimum atomic E-state index is -0.789. The number of halogens is 2. The van der Waals surface area contributed by atoms with E-state index in [-0.39, 0.29) is 39.5 Å². The Kier molecular flexibility index (Phi) is 6.70. The molecular weight excluding hydrogens is 454 g/mol. The fraction of sp³-hybridized carbons (Fsp3) is 0.381. The van der Waals surface area contributed by atoms with Gasteiger partial charge in [-0.3, -0.25) is 9.48 Å². The molecule has 1 aromatic carbocycles. The summed E-state index contributed by atoms with van der Waals surface area (Å²) in [6.45, 7) is 0.303. The minimum Gasteiger partial charge on any atom is -0.389 e. The van der Waals surface area contributed by atoms with Gasteiger partial charge >= 0.3 is 0 Å². The van der Waals surface area contributed by atoms with E-state index in [1.54, 1.807) is 18.8 Å². The molecule has 4 rings (SSSR count). The van der Waals surface area contributed by atoms with Gasteiger partial charge < -0.3 is 26.3 Å². The Morgan fingerprint density at radius 1 is 1.33 bits per heavy atom. The van der Waals surface area contributed by atoms with Crippen LogP contribution in [-0.2, 0) is 16.5 Å². The SMILES string of the molecule is CO[C@@H]1CO[C@H](c2c(NC(=O)c3nc(-c4c(F)cccc4F)sc3N)cnn2C)CC[C@H]1N. The molecule has 0 radical (unpaired) electrons. The Hall–Kier alpha value is -2.93. The number of nitrogens with zero attached hydrogens (tertiary/aromatic N) is 3. The number of nitrogens with two attached hydrogens (primary N) is 2. The molecule has 5 N–H and O–H groups in total. The number of carbonyl (C=O) groups excluding carboxylic acids is 1. The van der Waals surface area contributed by atoms with Gasteiger partial charge in [-0.05, 0) is 25.0 Å². The lowest BCUT2D eigenvalue weighted by atomic mass is 10.0. The van der Waals surface area contributed by atoms with E-state index in [1.165, 1.54) is 12.3 Å². The highest BCUT2D eigenvalue weighted by atomic mass is 32.1. The largest absolute Gasteiger partial charge is 0.389 e. The van der Waals surface area contributed by atoms with Crippen LogP contribution in [0, 0.1) is 11.6 Å². The van der Waals surface area contributed by atoms with E-state index in [4.69, 9.17) is 20.9 Å². The summed E-state index contributed by atoms with van der Waals surface area (Å²) in [6, 6.07) is 3.31. The van der Waals surface area contributed by atoms with Gasteiger partial charge in [-0.1, -0.05) is 17.4 Å². The smallest absolute Gasteiger partial charge is 0.277 e. The summed E-state index contributed by atoms with van der Waals surface area (Å²) in [5, 5.41) is 7.00. The number of benzene rings is 1. The number of hydrogen-bond donors (Lipinski definition) is 3. The normalized spacial score (nSPS) is 21.1. The summed E-state index contributed by atoms with van der Waals surface area (Å²) < 4.78 is 41.3. The number of aromatic nitrogens is 3. The van der Waals surface area contributed by atoms with Crippen molar-refractivity contribution in [1.29, 1.82) is 0 Å². The summed E-state index contributed by atoms with van der Waals surface area (Å²) in [4.78, 5) is 17.1. The molecule has 176 valence electrons. The van der Waals surface area contributed by atoms with E-state index in [9.17, 15) is 13.6 Å². The highest BCUT2D eigenvalue weighted by Gasteiger charge is 2.30. The van der Waals surface area contributed by atoms with Gasteiger partial charge in [-0.15, -0.1) is 0 Å². The van der Waals surface area contributed by atoms with Crippen LogP contribution in [0.1, 0.15) is 35.1 Å². The van der Waals surface area contributed by atoms with Crippen molar-refractivity contribution in [3.05, 3.63) is 47.4 Å². The maximum atomic E-state index is 14.1. The molecule has 0 saturated carbocycles.